The molecule has 2 amide bonds. The third-order valence-electron chi connectivity index (χ3n) is 5.51. The highest BCUT2D eigenvalue weighted by atomic mass is 16.2. The fourth-order valence-electron chi connectivity index (χ4n) is 4.10. The Kier molecular flexibility index (Phi) is 4.27. The summed E-state index contributed by atoms with van der Waals surface area (Å²) in [7, 11) is 0. The van der Waals surface area contributed by atoms with Gasteiger partial charge in [0.25, 0.3) is 0 Å². The standard InChI is InChI=1S/C22H24N2O2/c1-15-9-10-16(2)20(12-15)24-14-18(13-21(24)25)22(26)23-11-5-7-17-6-3-4-8-19(17)23/h3-4,6,8-10,12,18H,5,7,11,13-14H2,1-2H3. The summed E-state index contributed by atoms with van der Waals surface area (Å²) in [5.41, 5.74) is 5.37. The Hall–Kier alpha value is -2.62. The average Bonchev–Trinajstić information content (AvgIpc) is 3.04. The van der Waals surface area contributed by atoms with Crippen molar-refractivity contribution in [3.05, 3.63) is 59.2 Å². The minimum Gasteiger partial charge on any atom is -0.312 e. The first-order valence-corrected chi connectivity index (χ1v) is 9.31. The summed E-state index contributed by atoms with van der Waals surface area (Å²) in [6.07, 6.45) is 2.28. The summed E-state index contributed by atoms with van der Waals surface area (Å²) in [6.45, 7) is 5.25. The second-order valence-electron chi connectivity index (χ2n) is 7.42. The zero-order valence-corrected chi connectivity index (χ0v) is 15.4. The van der Waals surface area contributed by atoms with Crippen LogP contribution in [0.2, 0.25) is 0 Å². The molecule has 0 aromatic heterocycles. The van der Waals surface area contributed by atoms with Crippen LogP contribution in [0, 0.1) is 19.8 Å². The van der Waals surface area contributed by atoms with E-state index in [0.717, 1.165) is 41.9 Å². The van der Waals surface area contributed by atoms with Crippen molar-refractivity contribution >= 4 is 23.2 Å². The summed E-state index contributed by atoms with van der Waals surface area (Å²) in [4.78, 5) is 29.5. The molecule has 4 heteroatoms. The van der Waals surface area contributed by atoms with E-state index >= 15 is 0 Å². The molecule has 1 atom stereocenters. The molecular weight excluding hydrogens is 324 g/mol. The van der Waals surface area contributed by atoms with Crippen molar-refractivity contribution in [2.75, 3.05) is 22.9 Å². The van der Waals surface area contributed by atoms with E-state index in [1.165, 1.54) is 5.56 Å². The fraction of sp³-hybridized carbons (Fsp3) is 0.364. The summed E-state index contributed by atoms with van der Waals surface area (Å²) in [5, 5.41) is 0. The zero-order chi connectivity index (χ0) is 18.3. The van der Waals surface area contributed by atoms with Gasteiger partial charge in [-0.1, -0.05) is 30.3 Å². The molecule has 0 bridgehead atoms. The molecule has 0 aliphatic carbocycles. The number of carbonyl (C=O) groups excluding carboxylic acids is 2. The maximum Gasteiger partial charge on any atom is 0.232 e. The van der Waals surface area contributed by atoms with E-state index in [0.29, 0.717) is 13.0 Å². The maximum absolute atomic E-state index is 13.2. The van der Waals surface area contributed by atoms with Crippen molar-refractivity contribution in [2.45, 2.75) is 33.1 Å². The Morgan fingerprint density at radius 3 is 2.73 bits per heavy atom. The molecule has 2 aromatic carbocycles. The molecule has 4 nitrogen and oxygen atoms in total. The third kappa shape index (κ3) is 2.90. The highest BCUT2D eigenvalue weighted by Crippen LogP contribution is 2.33. The molecule has 4 rings (SSSR count). The highest BCUT2D eigenvalue weighted by molar-refractivity contribution is 6.05. The van der Waals surface area contributed by atoms with Gasteiger partial charge in [-0.15, -0.1) is 0 Å². The number of anilines is 2. The first kappa shape index (κ1) is 16.8. The van der Waals surface area contributed by atoms with Gasteiger partial charge in [-0.25, -0.2) is 0 Å². The topological polar surface area (TPSA) is 40.6 Å². The maximum atomic E-state index is 13.2. The molecule has 2 heterocycles. The van der Waals surface area contributed by atoms with E-state index in [1.54, 1.807) is 4.90 Å². The van der Waals surface area contributed by atoms with Gasteiger partial charge in [0.2, 0.25) is 11.8 Å². The molecule has 0 radical (unpaired) electrons. The van der Waals surface area contributed by atoms with Crippen LogP contribution in [0.25, 0.3) is 0 Å². The SMILES string of the molecule is Cc1ccc(C)c(N2CC(C(=O)N3CCCc4ccccc43)CC2=O)c1. The van der Waals surface area contributed by atoms with Crippen LogP contribution >= 0.6 is 0 Å². The molecule has 1 saturated heterocycles. The average molecular weight is 348 g/mol. The van der Waals surface area contributed by atoms with E-state index in [2.05, 4.69) is 6.07 Å². The minimum absolute atomic E-state index is 0.0438. The summed E-state index contributed by atoms with van der Waals surface area (Å²) in [5.74, 6) is -0.144. The summed E-state index contributed by atoms with van der Waals surface area (Å²) < 4.78 is 0. The van der Waals surface area contributed by atoms with E-state index < -0.39 is 0 Å². The van der Waals surface area contributed by atoms with Crippen LogP contribution < -0.4 is 9.80 Å². The second-order valence-corrected chi connectivity index (χ2v) is 7.42. The van der Waals surface area contributed by atoms with Gasteiger partial charge in [0.15, 0.2) is 0 Å². The molecule has 26 heavy (non-hydrogen) atoms. The molecule has 134 valence electrons. The predicted octanol–water partition coefficient (Wildman–Crippen LogP) is 3.64. The monoisotopic (exact) mass is 348 g/mol. The number of rotatable bonds is 2. The molecule has 0 spiro atoms. The normalized spacial score (nSPS) is 19.6. The number of benzene rings is 2. The van der Waals surface area contributed by atoms with Gasteiger partial charge in [0.1, 0.15) is 0 Å². The molecule has 1 unspecified atom stereocenters. The Bertz CT molecular complexity index is 874. The summed E-state index contributed by atoms with van der Waals surface area (Å²) in [6, 6.07) is 14.2. The molecule has 2 aliphatic rings. The van der Waals surface area contributed by atoms with Crippen LogP contribution in [0.4, 0.5) is 11.4 Å². The number of fused-ring (bicyclic) bond motifs is 1. The van der Waals surface area contributed by atoms with Gasteiger partial charge in [-0.2, -0.15) is 0 Å². The van der Waals surface area contributed by atoms with Crippen molar-refractivity contribution in [3.63, 3.8) is 0 Å². The van der Waals surface area contributed by atoms with E-state index in [-0.39, 0.29) is 17.7 Å². The van der Waals surface area contributed by atoms with Crippen LogP contribution in [0.1, 0.15) is 29.5 Å². The van der Waals surface area contributed by atoms with Crippen LogP contribution in [0.3, 0.4) is 0 Å². The molecule has 2 aliphatic heterocycles. The number of hydrogen-bond acceptors (Lipinski definition) is 2. The lowest BCUT2D eigenvalue weighted by molar-refractivity contribution is -0.124. The minimum atomic E-state index is -0.270. The van der Waals surface area contributed by atoms with E-state index in [9.17, 15) is 9.59 Å². The van der Waals surface area contributed by atoms with Crippen LogP contribution in [0.5, 0.6) is 0 Å². The summed E-state index contributed by atoms with van der Waals surface area (Å²) >= 11 is 0. The number of aryl methyl sites for hydroxylation is 3. The Morgan fingerprint density at radius 2 is 1.88 bits per heavy atom. The van der Waals surface area contributed by atoms with Gasteiger partial charge < -0.3 is 9.80 Å². The lowest BCUT2D eigenvalue weighted by Gasteiger charge is -2.31. The quantitative estimate of drug-likeness (QED) is 0.831. The lowest BCUT2D eigenvalue weighted by atomic mass is 9.99. The first-order valence-electron chi connectivity index (χ1n) is 9.31. The Labute approximate surface area is 154 Å². The van der Waals surface area contributed by atoms with E-state index in [4.69, 9.17) is 0 Å². The van der Waals surface area contributed by atoms with Gasteiger partial charge >= 0.3 is 0 Å². The van der Waals surface area contributed by atoms with Crippen LogP contribution in [-0.4, -0.2) is 24.9 Å². The van der Waals surface area contributed by atoms with Gasteiger partial charge in [-0.3, -0.25) is 9.59 Å². The van der Waals surface area contributed by atoms with Crippen molar-refractivity contribution < 1.29 is 9.59 Å². The van der Waals surface area contributed by atoms with Crippen LogP contribution in [0.15, 0.2) is 42.5 Å². The van der Waals surface area contributed by atoms with Crippen molar-refractivity contribution in [1.82, 2.24) is 0 Å². The predicted molar refractivity (Wildman–Crippen MR) is 103 cm³/mol. The Morgan fingerprint density at radius 1 is 1.08 bits per heavy atom. The number of hydrogen-bond donors (Lipinski definition) is 0. The first-order chi connectivity index (χ1) is 12.5. The molecule has 2 aromatic rings. The zero-order valence-electron chi connectivity index (χ0n) is 15.4. The molecule has 0 saturated carbocycles. The molecule has 0 N–H and O–H groups in total. The van der Waals surface area contributed by atoms with E-state index in [1.807, 2.05) is 55.1 Å². The van der Waals surface area contributed by atoms with Crippen molar-refractivity contribution in [2.24, 2.45) is 5.92 Å². The largest absolute Gasteiger partial charge is 0.312 e. The van der Waals surface area contributed by atoms with Crippen molar-refractivity contribution in [1.29, 1.82) is 0 Å². The molecule has 1 fully saturated rings. The third-order valence-corrected chi connectivity index (χ3v) is 5.51. The second kappa shape index (κ2) is 6.60. The number of nitrogens with zero attached hydrogens (tertiary/aromatic N) is 2. The smallest absolute Gasteiger partial charge is 0.232 e. The molecular formula is C22H24N2O2. The number of para-hydroxylation sites is 1. The highest BCUT2D eigenvalue weighted by Gasteiger charge is 2.38. The lowest BCUT2D eigenvalue weighted by Crippen LogP contribution is -2.40. The number of carbonyl (C=O) groups is 2. The van der Waals surface area contributed by atoms with Gasteiger partial charge in [0.05, 0.1) is 5.92 Å². The number of amides is 2. The van der Waals surface area contributed by atoms with Crippen molar-refractivity contribution in [3.8, 4) is 0 Å². The Balaban J connectivity index is 1.58. The van der Waals surface area contributed by atoms with Gasteiger partial charge in [0, 0.05) is 30.9 Å². The van der Waals surface area contributed by atoms with Crippen LogP contribution in [-0.2, 0) is 16.0 Å². The van der Waals surface area contributed by atoms with Gasteiger partial charge in [-0.05, 0) is 55.5 Å². The fourth-order valence-corrected chi connectivity index (χ4v) is 4.10.